The van der Waals surface area contributed by atoms with Crippen LogP contribution >= 0.6 is 0 Å². The molecule has 10 nitrogen and oxygen atoms in total. The van der Waals surface area contributed by atoms with Gasteiger partial charge in [-0.1, -0.05) is 19.1 Å². The average molecular weight is 457 g/mol. The van der Waals surface area contributed by atoms with E-state index in [2.05, 4.69) is 30.6 Å². The molecule has 0 bridgehead atoms. The van der Waals surface area contributed by atoms with Gasteiger partial charge in [-0.15, -0.1) is 0 Å². The third-order valence-electron chi connectivity index (χ3n) is 5.13. The number of halogens is 1. The fourth-order valence-electron chi connectivity index (χ4n) is 3.32. The van der Waals surface area contributed by atoms with E-state index in [1.165, 1.54) is 25.4 Å². The smallest absolute Gasteiger partial charge is 0.331 e. The van der Waals surface area contributed by atoms with Crippen LogP contribution in [0.15, 0.2) is 36.7 Å². The lowest BCUT2D eigenvalue weighted by atomic mass is 10.1. The maximum absolute atomic E-state index is 14.3. The Morgan fingerprint density at radius 1 is 1.21 bits per heavy atom. The zero-order valence-corrected chi connectivity index (χ0v) is 18.3. The van der Waals surface area contributed by atoms with Crippen LogP contribution in [0, 0.1) is 5.82 Å². The van der Waals surface area contributed by atoms with E-state index in [4.69, 9.17) is 0 Å². The summed E-state index contributed by atoms with van der Waals surface area (Å²) in [5.74, 6) is -2.56. The summed E-state index contributed by atoms with van der Waals surface area (Å²) in [4.78, 5) is 41.7. The predicted octanol–water partition coefficient (Wildman–Crippen LogP) is 1.31. The molecule has 0 aliphatic carbocycles. The van der Waals surface area contributed by atoms with E-state index >= 15 is 0 Å². The summed E-state index contributed by atoms with van der Waals surface area (Å²) in [6.45, 7) is 3.01. The second-order valence-corrected chi connectivity index (χ2v) is 7.34. The Morgan fingerprint density at radius 2 is 1.94 bits per heavy atom. The molecule has 1 unspecified atom stereocenters. The second-order valence-electron chi connectivity index (χ2n) is 7.34. The number of carbonyl (C=O) groups is 3. The van der Waals surface area contributed by atoms with Crippen molar-refractivity contribution in [2.24, 2.45) is 0 Å². The molecular formula is C22H24FN5O5. The van der Waals surface area contributed by atoms with Crippen LogP contribution in [0.4, 0.5) is 4.39 Å². The number of carbonyl (C=O) groups excluding carboxylic acids is 3. The Bertz CT molecular complexity index is 1180. The van der Waals surface area contributed by atoms with Crippen LogP contribution in [0.3, 0.4) is 0 Å². The molecule has 2 amide bonds. The maximum atomic E-state index is 14.3. The Balaban J connectivity index is 1.85. The first-order valence-corrected chi connectivity index (χ1v) is 10.2. The lowest BCUT2D eigenvalue weighted by Gasteiger charge is -2.23. The first-order valence-electron chi connectivity index (χ1n) is 10.2. The van der Waals surface area contributed by atoms with E-state index in [0.717, 1.165) is 7.11 Å². The second kappa shape index (κ2) is 10.2. The van der Waals surface area contributed by atoms with Gasteiger partial charge in [-0.2, -0.15) is 5.10 Å². The van der Waals surface area contributed by atoms with Crippen LogP contribution in [-0.4, -0.2) is 63.4 Å². The van der Waals surface area contributed by atoms with Crippen molar-refractivity contribution in [1.29, 1.82) is 0 Å². The third-order valence-corrected chi connectivity index (χ3v) is 5.13. The van der Waals surface area contributed by atoms with Crippen LogP contribution in [0.5, 0.6) is 0 Å². The maximum Gasteiger partial charge on any atom is 0.331 e. The molecule has 0 aliphatic rings. The number of methoxy groups -OCH3 is 1. The van der Waals surface area contributed by atoms with Crippen molar-refractivity contribution < 1.29 is 28.6 Å². The number of amides is 2. The van der Waals surface area contributed by atoms with Crippen LogP contribution in [0.25, 0.3) is 22.2 Å². The van der Waals surface area contributed by atoms with Gasteiger partial charge in [0.15, 0.2) is 6.04 Å². The molecule has 2 aromatic heterocycles. The number of aromatic nitrogens is 3. The zero-order chi connectivity index (χ0) is 24.1. The van der Waals surface area contributed by atoms with Crippen molar-refractivity contribution >= 4 is 28.7 Å². The van der Waals surface area contributed by atoms with Crippen LogP contribution in [0.1, 0.15) is 30.6 Å². The predicted molar refractivity (Wildman–Crippen MR) is 116 cm³/mol. The molecule has 0 saturated heterocycles. The molecule has 4 N–H and O–H groups in total. The summed E-state index contributed by atoms with van der Waals surface area (Å²) in [6, 6.07) is 3.81. The number of rotatable bonds is 8. The van der Waals surface area contributed by atoms with E-state index in [0.29, 0.717) is 16.6 Å². The summed E-state index contributed by atoms with van der Waals surface area (Å²) in [5, 5.41) is 21.8. The Kier molecular flexibility index (Phi) is 7.34. The summed E-state index contributed by atoms with van der Waals surface area (Å²) in [7, 11) is 1.14. The van der Waals surface area contributed by atoms with Gasteiger partial charge >= 0.3 is 5.97 Å². The summed E-state index contributed by atoms with van der Waals surface area (Å²) >= 11 is 0. The van der Waals surface area contributed by atoms with Gasteiger partial charge in [0.25, 0.3) is 5.91 Å². The van der Waals surface area contributed by atoms with E-state index in [-0.39, 0.29) is 17.5 Å². The van der Waals surface area contributed by atoms with Gasteiger partial charge in [0.2, 0.25) is 5.91 Å². The number of H-pyrrole nitrogens is 1. The molecule has 0 fully saturated rings. The van der Waals surface area contributed by atoms with E-state index in [1.54, 1.807) is 25.1 Å². The summed E-state index contributed by atoms with van der Waals surface area (Å²) in [6.07, 6.45) is 1.71. The molecule has 11 heteroatoms. The summed E-state index contributed by atoms with van der Waals surface area (Å²) < 4.78 is 18.9. The molecule has 1 aromatic carbocycles. The Morgan fingerprint density at radius 3 is 2.58 bits per heavy atom. The molecular weight excluding hydrogens is 433 g/mol. The minimum atomic E-state index is -1.28. The first kappa shape index (κ1) is 23.8. The van der Waals surface area contributed by atoms with Crippen molar-refractivity contribution in [3.8, 4) is 11.3 Å². The average Bonchev–Trinajstić information content (AvgIpc) is 3.30. The molecule has 2 heterocycles. The normalized spacial score (nSPS) is 13.7. The van der Waals surface area contributed by atoms with Crippen molar-refractivity contribution in [2.45, 2.75) is 38.5 Å². The van der Waals surface area contributed by atoms with Gasteiger partial charge in [0, 0.05) is 17.1 Å². The van der Waals surface area contributed by atoms with Crippen molar-refractivity contribution in [3.63, 3.8) is 0 Å². The van der Waals surface area contributed by atoms with Gasteiger partial charge in [-0.25, -0.2) is 9.18 Å². The number of ether oxygens (including phenoxy) is 1. The minimum absolute atomic E-state index is 0.130. The molecule has 33 heavy (non-hydrogen) atoms. The van der Waals surface area contributed by atoms with Crippen LogP contribution < -0.4 is 10.6 Å². The lowest BCUT2D eigenvalue weighted by Crippen LogP contribution is -2.54. The van der Waals surface area contributed by atoms with Crippen molar-refractivity contribution in [2.75, 3.05) is 7.11 Å². The molecule has 3 atom stereocenters. The van der Waals surface area contributed by atoms with Crippen LogP contribution in [-0.2, 0) is 14.3 Å². The van der Waals surface area contributed by atoms with Gasteiger partial charge in [-0.05, 0) is 25.5 Å². The zero-order valence-electron chi connectivity index (χ0n) is 18.3. The number of aromatic amines is 1. The molecule has 0 aliphatic heterocycles. The SMILES string of the molecule is CCC(NC(=O)c1cnc(-c2ccccc2F)c2[nH]ncc12)C(=O)N[C@H](C(=O)OC)[C@@H](C)O. The number of esters is 1. The first-order chi connectivity index (χ1) is 15.8. The number of aliphatic hydroxyl groups excluding tert-OH is 1. The molecule has 3 rings (SSSR count). The number of nitrogens with one attached hydrogen (secondary N) is 3. The number of hydrogen-bond acceptors (Lipinski definition) is 7. The highest BCUT2D eigenvalue weighted by atomic mass is 19.1. The van der Waals surface area contributed by atoms with E-state index in [1.807, 2.05) is 0 Å². The highest BCUT2D eigenvalue weighted by Crippen LogP contribution is 2.28. The topological polar surface area (TPSA) is 146 Å². The number of aliphatic hydroxyl groups is 1. The largest absolute Gasteiger partial charge is 0.467 e. The Labute approximate surface area is 188 Å². The third kappa shape index (κ3) is 4.98. The van der Waals surface area contributed by atoms with E-state index in [9.17, 15) is 23.9 Å². The molecule has 174 valence electrons. The standard InChI is InChI=1S/C22H24FN5O5/c1-4-16(21(31)27-17(11(2)29)22(32)33-3)26-20(30)14-9-24-18(19-13(14)10-25-28-19)12-7-5-6-8-15(12)23/h5-11,16-17,29H,4H2,1-3H3,(H,25,28)(H,26,30)(H,27,31)/t11-,16?,17+/m1/s1. The van der Waals surface area contributed by atoms with Crippen LogP contribution in [0.2, 0.25) is 0 Å². The quantitative estimate of drug-likeness (QED) is 0.373. The lowest BCUT2D eigenvalue weighted by molar-refractivity contribution is -0.148. The van der Waals surface area contributed by atoms with E-state index < -0.39 is 41.8 Å². The number of pyridine rings is 1. The minimum Gasteiger partial charge on any atom is -0.467 e. The number of nitrogens with zero attached hydrogens (tertiary/aromatic N) is 2. The van der Waals surface area contributed by atoms with Gasteiger partial charge in [0.1, 0.15) is 11.9 Å². The number of benzene rings is 1. The monoisotopic (exact) mass is 457 g/mol. The van der Waals surface area contributed by atoms with Crippen molar-refractivity contribution in [3.05, 3.63) is 48.0 Å². The molecule has 0 spiro atoms. The summed E-state index contributed by atoms with van der Waals surface area (Å²) in [5.41, 5.74) is 1.03. The van der Waals surface area contributed by atoms with Gasteiger partial charge in [-0.3, -0.25) is 19.7 Å². The highest BCUT2D eigenvalue weighted by molar-refractivity contribution is 6.09. The van der Waals surface area contributed by atoms with Crippen molar-refractivity contribution in [1.82, 2.24) is 25.8 Å². The molecule has 0 saturated carbocycles. The number of fused-ring (bicyclic) bond motifs is 1. The number of hydrogen-bond donors (Lipinski definition) is 4. The van der Waals surface area contributed by atoms with Gasteiger partial charge in [0.05, 0.1) is 36.2 Å². The van der Waals surface area contributed by atoms with Gasteiger partial charge < -0.3 is 20.5 Å². The fourth-order valence-corrected chi connectivity index (χ4v) is 3.32. The molecule has 0 radical (unpaired) electrons. The fraction of sp³-hybridized carbons (Fsp3) is 0.318. The molecule has 3 aromatic rings. The highest BCUT2D eigenvalue weighted by Gasteiger charge is 2.30. The Hall–Kier alpha value is -3.86.